The van der Waals surface area contributed by atoms with Crippen LogP contribution in [0.4, 0.5) is 0 Å². The largest absolute Gasteiger partial charge is 0.390 e. The second-order valence-corrected chi connectivity index (χ2v) is 8.35. The molecule has 4 heteroatoms. The molecule has 2 N–H and O–H groups in total. The van der Waals surface area contributed by atoms with E-state index in [1.54, 1.807) is 0 Å². The van der Waals surface area contributed by atoms with Crippen molar-refractivity contribution in [2.75, 3.05) is 25.1 Å². The number of likely N-dealkylation sites (tertiary alicyclic amines) is 1. The molecule has 0 saturated carbocycles. The van der Waals surface area contributed by atoms with Crippen LogP contribution in [0.15, 0.2) is 18.2 Å². The minimum atomic E-state index is 0.115. The van der Waals surface area contributed by atoms with Gasteiger partial charge in [-0.15, -0.1) is 0 Å². The van der Waals surface area contributed by atoms with Gasteiger partial charge in [-0.2, -0.15) is 11.8 Å². The highest BCUT2D eigenvalue weighted by Gasteiger charge is 2.40. The number of aromatic amines is 1. The van der Waals surface area contributed by atoms with E-state index in [4.69, 9.17) is 0 Å². The van der Waals surface area contributed by atoms with Crippen molar-refractivity contribution >= 4 is 22.7 Å². The topological polar surface area (TPSA) is 39.3 Å². The van der Waals surface area contributed by atoms with Crippen LogP contribution in [-0.4, -0.2) is 46.1 Å². The first-order chi connectivity index (χ1) is 11.8. The van der Waals surface area contributed by atoms with Gasteiger partial charge in [0.1, 0.15) is 0 Å². The predicted octanol–water partition coefficient (Wildman–Crippen LogP) is 3.76. The summed E-state index contributed by atoms with van der Waals surface area (Å²) in [7, 11) is 0. The van der Waals surface area contributed by atoms with Crippen LogP contribution in [0.5, 0.6) is 0 Å². The Kier molecular flexibility index (Phi) is 4.63. The Bertz CT molecular complexity index is 726. The van der Waals surface area contributed by atoms with E-state index < -0.39 is 0 Å². The van der Waals surface area contributed by atoms with E-state index in [1.165, 1.54) is 53.7 Å². The van der Waals surface area contributed by atoms with Crippen molar-refractivity contribution < 1.29 is 5.11 Å². The fourth-order valence-electron chi connectivity index (χ4n) is 5.10. The molecule has 24 heavy (non-hydrogen) atoms. The number of piperidine rings is 1. The van der Waals surface area contributed by atoms with E-state index in [0.717, 1.165) is 18.0 Å². The first-order valence-corrected chi connectivity index (χ1v) is 10.6. The van der Waals surface area contributed by atoms with Crippen LogP contribution in [0.1, 0.15) is 42.5 Å². The number of nitrogens with one attached hydrogen (secondary N) is 1. The molecule has 1 fully saturated rings. The third-order valence-corrected chi connectivity index (χ3v) is 6.75. The summed E-state index contributed by atoms with van der Waals surface area (Å²) in [6, 6.07) is 7.28. The standard InChI is InChI=1S/C20H28N2OS/c1-3-7-22-10-13(12-24-2)8-15-14-5-4-6-17-20(14)16(9-19(15)22)18(11-23)21-17/h4-6,13,15,19,21,23H,3,7-12H2,1-2H3/t13-,15-,19-/m1/s1. The number of aliphatic hydroxyl groups excluding tert-OH is 1. The number of aromatic nitrogens is 1. The molecule has 0 bridgehead atoms. The van der Waals surface area contributed by atoms with Crippen LogP contribution < -0.4 is 0 Å². The number of fused-ring (bicyclic) bond motifs is 2. The quantitative estimate of drug-likeness (QED) is 0.867. The Morgan fingerprint density at radius 1 is 1.38 bits per heavy atom. The minimum absolute atomic E-state index is 0.115. The van der Waals surface area contributed by atoms with Gasteiger partial charge in [-0.1, -0.05) is 19.1 Å². The maximum atomic E-state index is 9.80. The number of H-pyrrole nitrogens is 1. The lowest BCUT2D eigenvalue weighted by Gasteiger charge is -2.47. The molecule has 130 valence electrons. The van der Waals surface area contributed by atoms with Crippen LogP contribution in [0.25, 0.3) is 10.9 Å². The summed E-state index contributed by atoms with van der Waals surface area (Å²) in [6.07, 6.45) is 5.84. The van der Waals surface area contributed by atoms with Crippen LogP contribution in [0.2, 0.25) is 0 Å². The zero-order valence-corrected chi connectivity index (χ0v) is 15.5. The van der Waals surface area contributed by atoms with Crippen molar-refractivity contribution in [1.82, 2.24) is 9.88 Å². The molecular weight excluding hydrogens is 316 g/mol. The van der Waals surface area contributed by atoms with E-state index in [9.17, 15) is 5.11 Å². The lowest BCUT2D eigenvalue weighted by atomic mass is 9.72. The lowest BCUT2D eigenvalue weighted by Crippen LogP contribution is -2.50. The second kappa shape index (κ2) is 6.74. The third-order valence-electron chi connectivity index (χ3n) is 5.95. The van der Waals surface area contributed by atoms with E-state index >= 15 is 0 Å². The first-order valence-electron chi connectivity index (χ1n) is 9.23. The Morgan fingerprint density at radius 2 is 2.25 bits per heavy atom. The summed E-state index contributed by atoms with van der Waals surface area (Å²) in [6.45, 7) is 4.83. The van der Waals surface area contributed by atoms with Crippen LogP contribution in [0, 0.1) is 5.92 Å². The highest BCUT2D eigenvalue weighted by Crippen LogP contribution is 2.46. The Hall–Kier alpha value is -0.970. The van der Waals surface area contributed by atoms with Crippen molar-refractivity contribution in [2.45, 2.75) is 44.8 Å². The van der Waals surface area contributed by atoms with Crippen LogP contribution in [0.3, 0.4) is 0 Å². The Balaban J connectivity index is 1.79. The zero-order valence-electron chi connectivity index (χ0n) is 14.7. The molecule has 1 aromatic heterocycles. The fraction of sp³-hybridized carbons (Fsp3) is 0.600. The van der Waals surface area contributed by atoms with Gasteiger partial charge in [-0.3, -0.25) is 4.90 Å². The van der Waals surface area contributed by atoms with Crippen molar-refractivity contribution in [3.05, 3.63) is 35.0 Å². The minimum Gasteiger partial charge on any atom is -0.390 e. The maximum Gasteiger partial charge on any atom is 0.0834 e. The molecule has 1 aliphatic heterocycles. The zero-order chi connectivity index (χ0) is 16.7. The number of benzene rings is 1. The monoisotopic (exact) mass is 344 g/mol. The predicted molar refractivity (Wildman–Crippen MR) is 103 cm³/mol. The molecule has 2 heterocycles. The number of rotatable bonds is 5. The normalized spacial score (nSPS) is 26.7. The van der Waals surface area contributed by atoms with E-state index in [-0.39, 0.29) is 6.61 Å². The van der Waals surface area contributed by atoms with Crippen molar-refractivity contribution in [3.8, 4) is 0 Å². The summed E-state index contributed by atoms with van der Waals surface area (Å²) < 4.78 is 0. The number of nitrogens with zero attached hydrogens (tertiary/aromatic N) is 1. The number of hydrogen-bond donors (Lipinski definition) is 2. The summed E-state index contributed by atoms with van der Waals surface area (Å²) in [5.41, 5.74) is 5.12. The molecule has 0 spiro atoms. The van der Waals surface area contributed by atoms with Gasteiger partial charge in [0.2, 0.25) is 0 Å². The summed E-state index contributed by atoms with van der Waals surface area (Å²) >= 11 is 1.99. The highest BCUT2D eigenvalue weighted by molar-refractivity contribution is 7.98. The van der Waals surface area contributed by atoms with Gasteiger partial charge in [-0.05, 0) is 60.9 Å². The third kappa shape index (κ3) is 2.59. The maximum absolute atomic E-state index is 9.80. The van der Waals surface area contributed by atoms with Gasteiger partial charge >= 0.3 is 0 Å². The van der Waals surface area contributed by atoms with Gasteiger partial charge in [0.15, 0.2) is 0 Å². The molecule has 4 rings (SSSR count). The molecule has 3 atom stereocenters. The molecular formula is C20H28N2OS. The van der Waals surface area contributed by atoms with Crippen molar-refractivity contribution in [2.24, 2.45) is 5.92 Å². The van der Waals surface area contributed by atoms with Crippen LogP contribution in [-0.2, 0) is 13.0 Å². The number of aliphatic hydroxyl groups is 1. The van der Waals surface area contributed by atoms with E-state index in [1.807, 2.05) is 11.8 Å². The molecule has 2 aromatic rings. The van der Waals surface area contributed by atoms with E-state index in [0.29, 0.717) is 12.0 Å². The smallest absolute Gasteiger partial charge is 0.0834 e. The summed E-state index contributed by atoms with van der Waals surface area (Å²) in [4.78, 5) is 6.21. The van der Waals surface area contributed by atoms with Crippen molar-refractivity contribution in [1.29, 1.82) is 0 Å². The Labute approximate surface area is 148 Å². The van der Waals surface area contributed by atoms with Crippen LogP contribution >= 0.6 is 11.8 Å². The summed E-state index contributed by atoms with van der Waals surface area (Å²) in [5, 5.41) is 11.2. The molecule has 1 aromatic carbocycles. The molecule has 3 nitrogen and oxygen atoms in total. The molecule has 1 aliphatic carbocycles. The average molecular weight is 345 g/mol. The number of thioether (sulfide) groups is 1. The SMILES string of the molecule is CCCN1C[C@H](CSC)C[C@@H]2c3cccc4[nH]c(CO)c(c34)C[C@H]21. The van der Waals surface area contributed by atoms with Gasteiger partial charge in [0.05, 0.1) is 6.61 Å². The molecule has 0 radical (unpaired) electrons. The second-order valence-electron chi connectivity index (χ2n) is 7.44. The lowest BCUT2D eigenvalue weighted by molar-refractivity contribution is 0.0922. The number of hydrogen-bond acceptors (Lipinski definition) is 3. The summed E-state index contributed by atoms with van der Waals surface area (Å²) in [5.74, 6) is 2.70. The first kappa shape index (κ1) is 16.5. The van der Waals surface area contributed by atoms with Gasteiger partial charge in [0, 0.05) is 35.1 Å². The van der Waals surface area contributed by atoms with Gasteiger partial charge in [0.25, 0.3) is 0 Å². The Morgan fingerprint density at radius 3 is 3.00 bits per heavy atom. The van der Waals surface area contributed by atoms with Gasteiger partial charge < -0.3 is 10.1 Å². The molecule has 0 amide bonds. The van der Waals surface area contributed by atoms with Crippen molar-refractivity contribution in [3.63, 3.8) is 0 Å². The molecule has 1 saturated heterocycles. The molecule has 0 unspecified atom stereocenters. The molecule has 2 aliphatic rings. The van der Waals surface area contributed by atoms with Gasteiger partial charge in [-0.25, -0.2) is 0 Å². The fourth-order valence-corrected chi connectivity index (χ4v) is 5.81. The highest BCUT2D eigenvalue weighted by atomic mass is 32.2. The van der Waals surface area contributed by atoms with E-state index in [2.05, 4.69) is 41.3 Å². The average Bonchev–Trinajstić information content (AvgIpc) is 2.96.